The summed E-state index contributed by atoms with van der Waals surface area (Å²) in [5.41, 5.74) is 3.52. The van der Waals surface area contributed by atoms with Crippen LogP contribution in [0.15, 0.2) is 53.6 Å². The molecule has 0 aliphatic rings. The molecule has 0 aliphatic heterocycles. The average molecular weight is 413 g/mol. The minimum Gasteiger partial charge on any atom is -0.494 e. The number of nitrogens with zero attached hydrogens (tertiary/aromatic N) is 1. The molecule has 0 saturated heterocycles. The second-order valence-corrected chi connectivity index (χ2v) is 7.21. The number of nitrogens with one attached hydrogen (secondary N) is 2. The summed E-state index contributed by atoms with van der Waals surface area (Å²) in [5.74, 6) is -0.749. The molecule has 0 aromatic heterocycles. The van der Waals surface area contributed by atoms with Crippen LogP contribution in [0.4, 0.5) is 4.39 Å². The van der Waals surface area contributed by atoms with Crippen molar-refractivity contribution in [2.75, 3.05) is 6.61 Å². The molecule has 2 rings (SSSR count). The highest BCUT2D eigenvalue weighted by Crippen LogP contribution is 2.12. The van der Waals surface area contributed by atoms with Gasteiger partial charge in [-0.25, -0.2) is 9.82 Å². The predicted molar refractivity (Wildman–Crippen MR) is 115 cm³/mol. The standard InChI is InChI=1S/C23H28FN3O3/c1-4-5-13-30-20-8-6-7-17(14-20)15-25-27-23(29)21(16(2)3)26-22(28)18-9-11-19(24)12-10-18/h6-12,14-16,21H,4-5,13H2,1-3H3,(H,26,28)(H,27,29). The molecule has 0 fully saturated rings. The zero-order chi connectivity index (χ0) is 21.9. The second kappa shape index (κ2) is 11.7. The van der Waals surface area contributed by atoms with Crippen molar-refractivity contribution < 1.29 is 18.7 Å². The van der Waals surface area contributed by atoms with Gasteiger partial charge in [-0.1, -0.05) is 39.3 Å². The maximum Gasteiger partial charge on any atom is 0.262 e. The maximum atomic E-state index is 13.0. The minimum atomic E-state index is -0.789. The Hall–Kier alpha value is -3.22. The van der Waals surface area contributed by atoms with E-state index in [2.05, 4.69) is 22.8 Å². The molecule has 30 heavy (non-hydrogen) atoms. The fourth-order valence-corrected chi connectivity index (χ4v) is 2.62. The van der Waals surface area contributed by atoms with Gasteiger partial charge in [-0.05, 0) is 54.3 Å². The van der Waals surface area contributed by atoms with E-state index >= 15 is 0 Å². The van der Waals surface area contributed by atoms with Gasteiger partial charge in [0.2, 0.25) is 0 Å². The molecule has 6 nitrogen and oxygen atoms in total. The van der Waals surface area contributed by atoms with E-state index in [9.17, 15) is 14.0 Å². The van der Waals surface area contributed by atoms with E-state index in [0.717, 1.165) is 24.2 Å². The molecular formula is C23H28FN3O3. The lowest BCUT2D eigenvalue weighted by Gasteiger charge is -2.20. The summed E-state index contributed by atoms with van der Waals surface area (Å²) >= 11 is 0. The number of ether oxygens (including phenoxy) is 1. The average Bonchev–Trinajstić information content (AvgIpc) is 2.72. The first-order valence-electron chi connectivity index (χ1n) is 10.0. The molecule has 2 aromatic carbocycles. The van der Waals surface area contributed by atoms with E-state index in [4.69, 9.17) is 4.74 Å². The van der Waals surface area contributed by atoms with Gasteiger partial charge in [0.05, 0.1) is 12.8 Å². The Kier molecular flexibility index (Phi) is 9.00. The van der Waals surface area contributed by atoms with E-state index in [1.807, 2.05) is 38.1 Å². The molecule has 7 heteroatoms. The van der Waals surface area contributed by atoms with Crippen LogP contribution in [-0.4, -0.2) is 30.7 Å². The molecule has 1 atom stereocenters. The normalized spacial score (nSPS) is 12.0. The lowest BCUT2D eigenvalue weighted by atomic mass is 10.0. The van der Waals surface area contributed by atoms with Crippen molar-refractivity contribution in [3.8, 4) is 5.75 Å². The summed E-state index contributed by atoms with van der Waals surface area (Å²) in [4.78, 5) is 24.9. The fraction of sp³-hybridized carbons (Fsp3) is 0.348. The SMILES string of the molecule is CCCCOc1cccc(C=NNC(=O)C(NC(=O)c2ccc(F)cc2)C(C)C)c1. The molecular weight excluding hydrogens is 385 g/mol. The van der Waals surface area contributed by atoms with Crippen LogP contribution >= 0.6 is 0 Å². The van der Waals surface area contributed by atoms with E-state index in [0.29, 0.717) is 6.61 Å². The molecule has 0 saturated carbocycles. The van der Waals surface area contributed by atoms with Crippen LogP contribution in [0, 0.1) is 11.7 Å². The first-order chi connectivity index (χ1) is 14.4. The van der Waals surface area contributed by atoms with E-state index in [1.54, 1.807) is 0 Å². The van der Waals surface area contributed by atoms with Crippen LogP contribution in [-0.2, 0) is 4.79 Å². The summed E-state index contributed by atoms with van der Waals surface area (Å²) in [6.07, 6.45) is 3.56. The lowest BCUT2D eigenvalue weighted by molar-refractivity contribution is -0.123. The predicted octanol–water partition coefficient (Wildman–Crippen LogP) is 3.91. The number of hydrogen-bond acceptors (Lipinski definition) is 4. The van der Waals surface area contributed by atoms with Crippen LogP contribution in [0.3, 0.4) is 0 Å². The van der Waals surface area contributed by atoms with Gasteiger partial charge in [0.1, 0.15) is 17.6 Å². The quantitative estimate of drug-likeness (QED) is 0.352. The van der Waals surface area contributed by atoms with Gasteiger partial charge in [0.15, 0.2) is 0 Å². The molecule has 2 aromatic rings. The molecule has 0 aliphatic carbocycles. The molecule has 1 unspecified atom stereocenters. The van der Waals surface area contributed by atoms with E-state index < -0.39 is 23.7 Å². The molecule has 2 N–H and O–H groups in total. The van der Waals surface area contributed by atoms with Crippen molar-refractivity contribution in [2.24, 2.45) is 11.0 Å². The Morgan fingerprint density at radius 3 is 2.57 bits per heavy atom. The molecule has 0 bridgehead atoms. The fourth-order valence-electron chi connectivity index (χ4n) is 2.62. The van der Waals surface area contributed by atoms with Gasteiger partial charge >= 0.3 is 0 Å². The first kappa shape index (κ1) is 23.1. The van der Waals surface area contributed by atoms with Crippen molar-refractivity contribution in [3.05, 3.63) is 65.5 Å². The maximum absolute atomic E-state index is 13.0. The van der Waals surface area contributed by atoms with Crippen molar-refractivity contribution in [3.63, 3.8) is 0 Å². The summed E-state index contributed by atoms with van der Waals surface area (Å²) < 4.78 is 18.7. The van der Waals surface area contributed by atoms with Gasteiger partial charge < -0.3 is 10.1 Å². The van der Waals surface area contributed by atoms with Crippen molar-refractivity contribution in [2.45, 2.75) is 39.7 Å². The first-order valence-corrected chi connectivity index (χ1v) is 10.0. The Balaban J connectivity index is 1.95. The summed E-state index contributed by atoms with van der Waals surface area (Å²) in [5, 5.41) is 6.66. The number of rotatable bonds is 10. The number of benzene rings is 2. The van der Waals surface area contributed by atoms with Gasteiger partial charge in [0.25, 0.3) is 11.8 Å². The molecule has 0 heterocycles. The Bertz CT molecular complexity index is 866. The van der Waals surface area contributed by atoms with Crippen LogP contribution in [0.5, 0.6) is 5.75 Å². The number of carbonyl (C=O) groups excluding carboxylic acids is 2. The van der Waals surface area contributed by atoms with Crippen molar-refractivity contribution in [1.29, 1.82) is 0 Å². The highest BCUT2D eigenvalue weighted by molar-refractivity contribution is 5.97. The number of unbranched alkanes of at least 4 members (excludes halogenated alkanes) is 1. The second-order valence-electron chi connectivity index (χ2n) is 7.21. The smallest absolute Gasteiger partial charge is 0.262 e. The molecule has 0 spiro atoms. The third-order valence-electron chi connectivity index (χ3n) is 4.36. The number of carbonyl (C=O) groups is 2. The number of hydrazone groups is 1. The topological polar surface area (TPSA) is 79.8 Å². The Morgan fingerprint density at radius 1 is 1.17 bits per heavy atom. The summed E-state index contributed by atoms with van der Waals surface area (Å²) in [6.45, 7) is 6.38. The monoisotopic (exact) mass is 413 g/mol. The Labute approximate surface area is 176 Å². The van der Waals surface area contributed by atoms with Gasteiger partial charge in [0, 0.05) is 5.56 Å². The largest absolute Gasteiger partial charge is 0.494 e. The third-order valence-corrected chi connectivity index (χ3v) is 4.36. The van der Waals surface area contributed by atoms with Crippen molar-refractivity contribution in [1.82, 2.24) is 10.7 Å². The molecule has 160 valence electrons. The van der Waals surface area contributed by atoms with Crippen molar-refractivity contribution >= 4 is 18.0 Å². The Morgan fingerprint density at radius 2 is 1.90 bits per heavy atom. The highest BCUT2D eigenvalue weighted by atomic mass is 19.1. The van der Waals surface area contributed by atoms with Crippen LogP contribution < -0.4 is 15.5 Å². The molecule has 0 radical (unpaired) electrons. The highest BCUT2D eigenvalue weighted by Gasteiger charge is 2.24. The molecule has 2 amide bonds. The number of halogens is 1. The third kappa shape index (κ3) is 7.31. The lowest BCUT2D eigenvalue weighted by Crippen LogP contribution is -2.48. The zero-order valence-electron chi connectivity index (χ0n) is 17.5. The van der Waals surface area contributed by atoms with Gasteiger partial charge in [-0.15, -0.1) is 0 Å². The van der Waals surface area contributed by atoms with Crippen LogP contribution in [0.2, 0.25) is 0 Å². The summed E-state index contributed by atoms with van der Waals surface area (Å²) in [7, 11) is 0. The van der Waals surface area contributed by atoms with Gasteiger partial charge in [-0.2, -0.15) is 5.10 Å². The number of hydrogen-bond donors (Lipinski definition) is 2. The number of amides is 2. The minimum absolute atomic E-state index is 0.167. The van der Waals surface area contributed by atoms with E-state index in [-0.39, 0.29) is 11.5 Å². The van der Waals surface area contributed by atoms with Crippen LogP contribution in [0.1, 0.15) is 49.5 Å². The summed E-state index contributed by atoms with van der Waals surface area (Å²) in [6, 6.07) is 11.7. The van der Waals surface area contributed by atoms with Crippen LogP contribution in [0.25, 0.3) is 0 Å². The van der Waals surface area contributed by atoms with Gasteiger partial charge in [-0.3, -0.25) is 9.59 Å². The zero-order valence-corrected chi connectivity index (χ0v) is 17.5. The van der Waals surface area contributed by atoms with E-state index in [1.165, 1.54) is 30.5 Å².